The fraction of sp³-hybridized carbons (Fsp3) is 0.333. The van der Waals surface area contributed by atoms with Gasteiger partial charge in [0.05, 0.1) is 0 Å². The monoisotopic (exact) mass is 258 g/mol. The van der Waals surface area contributed by atoms with Crippen LogP contribution in [-0.2, 0) is 19.1 Å². The molecule has 4 nitrogen and oxygen atoms in total. The van der Waals surface area contributed by atoms with Crippen LogP contribution in [0.5, 0.6) is 0 Å². The standard InChI is InChI=1S/C15H14O4/c1-8-4-3-5-10-7-12(19-15(10)17)13-9(2)14(16)18-11(13)6-8/h4,6-7,12H,3,5H2,1-2H3/b8-4+,11-6+/t12-/m1/s1. The fourth-order valence-corrected chi connectivity index (χ4v) is 2.51. The van der Waals surface area contributed by atoms with E-state index in [9.17, 15) is 9.59 Å². The third-order valence-corrected chi connectivity index (χ3v) is 3.55. The molecular weight excluding hydrogens is 244 g/mol. The van der Waals surface area contributed by atoms with Gasteiger partial charge in [-0.1, -0.05) is 11.6 Å². The van der Waals surface area contributed by atoms with Gasteiger partial charge in [0.1, 0.15) is 5.76 Å². The molecule has 2 bridgehead atoms. The summed E-state index contributed by atoms with van der Waals surface area (Å²) in [5.41, 5.74) is 2.87. The molecule has 0 spiro atoms. The summed E-state index contributed by atoms with van der Waals surface area (Å²) < 4.78 is 10.6. The van der Waals surface area contributed by atoms with Crippen molar-refractivity contribution in [3.05, 3.63) is 46.3 Å². The van der Waals surface area contributed by atoms with Crippen LogP contribution in [-0.4, -0.2) is 18.0 Å². The third kappa shape index (κ3) is 1.93. The zero-order valence-corrected chi connectivity index (χ0v) is 10.9. The summed E-state index contributed by atoms with van der Waals surface area (Å²) in [5, 5.41) is 0. The van der Waals surface area contributed by atoms with Crippen LogP contribution in [0, 0.1) is 0 Å². The molecule has 1 atom stereocenters. The molecule has 0 saturated heterocycles. The van der Waals surface area contributed by atoms with E-state index in [4.69, 9.17) is 9.47 Å². The van der Waals surface area contributed by atoms with Gasteiger partial charge < -0.3 is 9.47 Å². The molecule has 0 radical (unpaired) electrons. The maximum atomic E-state index is 11.8. The average Bonchev–Trinajstić information content (AvgIpc) is 2.81. The molecule has 0 N–H and O–H groups in total. The van der Waals surface area contributed by atoms with Gasteiger partial charge in [-0.15, -0.1) is 0 Å². The van der Waals surface area contributed by atoms with E-state index in [0.717, 1.165) is 12.0 Å². The minimum atomic E-state index is -0.494. The Kier molecular flexibility index (Phi) is 2.66. The first-order valence-corrected chi connectivity index (χ1v) is 6.29. The first-order valence-electron chi connectivity index (χ1n) is 6.29. The molecule has 2 aliphatic heterocycles. The molecule has 1 aliphatic carbocycles. The third-order valence-electron chi connectivity index (χ3n) is 3.55. The average molecular weight is 258 g/mol. The Morgan fingerprint density at radius 1 is 1.21 bits per heavy atom. The van der Waals surface area contributed by atoms with E-state index < -0.39 is 6.10 Å². The van der Waals surface area contributed by atoms with E-state index in [-0.39, 0.29) is 11.9 Å². The second kappa shape index (κ2) is 4.23. The Bertz CT molecular complexity index is 602. The second-order valence-electron chi connectivity index (χ2n) is 4.94. The normalized spacial score (nSPS) is 31.7. The maximum Gasteiger partial charge on any atom is 0.339 e. The van der Waals surface area contributed by atoms with Crippen LogP contribution in [0.3, 0.4) is 0 Å². The van der Waals surface area contributed by atoms with Crippen molar-refractivity contribution in [2.45, 2.75) is 32.8 Å². The molecule has 0 fully saturated rings. The number of esters is 2. The van der Waals surface area contributed by atoms with Crippen molar-refractivity contribution < 1.29 is 19.1 Å². The van der Waals surface area contributed by atoms with Crippen LogP contribution in [0.2, 0.25) is 0 Å². The number of ether oxygens (including phenoxy) is 2. The molecule has 19 heavy (non-hydrogen) atoms. The molecule has 0 unspecified atom stereocenters. The number of carbonyl (C=O) groups is 2. The van der Waals surface area contributed by atoms with Crippen molar-refractivity contribution in [1.82, 2.24) is 0 Å². The van der Waals surface area contributed by atoms with E-state index >= 15 is 0 Å². The Morgan fingerprint density at radius 2 is 2.00 bits per heavy atom. The molecule has 0 aromatic heterocycles. The lowest BCUT2D eigenvalue weighted by Gasteiger charge is -2.11. The lowest BCUT2D eigenvalue weighted by atomic mass is 9.99. The molecule has 98 valence electrons. The van der Waals surface area contributed by atoms with Gasteiger partial charge in [-0.25, -0.2) is 9.59 Å². The van der Waals surface area contributed by atoms with E-state index in [1.165, 1.54) is 0 Å². The number of hydrogen-bond acceptors (Lipinski definition) is 4. The smallest absolute Gasteiger partial charge is 0.339 e. The SMILES string of the molecule is CC1=C2/C(=C\C(C)=C\CCC3=C[C@H]2OC3=O)OC1=O. The summed E-state index contributed by atoms with van der Waals surface area (Å²) in [4.78, 5) is 23.5. The first-order chi connectivity index (χ1) is 9.06. The number of fused-ring (bicyclic) bond motifs is 3. The largest absolute Gasteiger partial charge is 0.450 e. The number of rotatable bonds is 0. The summed E-state index contributed by atoms with van der Waals surface area (Å²) >= 11 is 0. The molecule has 0 aromatic rings. The lowest BCUT2D eigenvalue weighted by molar-refractivity contribution is -0.138. The summed E-state index contributed by atoms with van der Waals surface area (Å²) in [6, 6.07) is 0. The van der Waals surface area contributed by atoms with Gasteiger partial charge in [0.2, 0.25) is 0 Å². The van der Waals surface area contributed by atoms with Crippen molar-refractivity contribution >= 4 is 11.9 Å². The van der Waals surface area contributed by atoms with Crippen LogP contribution in [0.25, 0.3) is 0 Å². The second-order valence-corrected chi connectivity index (χ2v) is 4.94. The molecule has 0 amide bonds. The Hall–Kier alpha value is -2.10. The number of hydrogen-bond donors (Lipinski definition) is 0. The molecular formula is C15H14O4. The predicted octanol–water partition coefficient (Wildman–Crippen LogP) is 2.34. The molecule has 0 aromatic carbocycles. The van der Waals surface area contributed by atoms with E-state index in [1.54, 1.807) is 13.0 Å². The molecule has 3 rings (SSSR count). The van der Waals surface area contributed by atoms with Crippen LogP contribution < -0.4 is 0 Å². The Balaban J connectivity index is 2.14. The zero-order valence-electron chi connectivity index (χ0n) is 10.9. The highest BCUT2D eigenvalue weighted by Crippen LogP contribution is 2.35. The minimum absolute atomic E-state index is 0.294. The quantitative estimate of drug-likeness (QED) is 0.626. The van der Waals surface area contributed by atoms with Gasteiger partial charge in [0, 0.05) is 16.7 Å². The van der Waals surface area contributed by atoms with E-state index in [1.807, 2.05) is 19.1 Å². The van der Waals surface area contributed by atoms with Crippen molar-refractivity contribution in [2.75, 3.05) is 0 Å². The summed E-state index contributed by atoms with van der Waals surface area (Å²) in [7, 11) is 0. The highest BCUT2D eigenvalue weighted by atomic mass is 16.6. The van der Waals surface area contributed by atoms with Gasteiger partial charge >= 0.3 is 11.9 Å². The van der Waals surface area contributed by atoms with E-state index in [2.05, 4.69) is 0 Å². The number of allylic oxidation sites excluding steroid dienone is 3. The maximum absolute atomic E-state index is 11.8. The molecule has 2 heterocycles. The van der Waals surface area contributed by atoms with Crippen molar-refractivity contribution in [3.8, 4) is 0 Å². The highest BCUT2D eigenvalue weighted by molar-refractivity contribution is 5.96. The van der Waals surface area contributed by atoms with Gasteiger partial charge in [-0.05, 0) is 38.8 Å². The Morgan fingerprint density at radius 3 is 2.79 bits per heavy atom. The minimum Gasteiger partial charge on any atom is -0.450 e. The summed E-state index contributed by atoms with van der Waals surface area (Å²) in [6.07, 6.45) is 6.59. The van der Waals surface area contributed by atoms with Crippen molar-refractivity contribution in [3.63, 3.8) is 0 Å². The van der Waals surface area contributed by atoms with Crippen LogP contribution >= 0.6 is 0 Å². The summed E-state index contributed by atoms with van der Waals surface area (Å²) in [6.45, 7) is 3.65. The molecule has 3 aliphatic rings. The van der Waals surface area contributed by atoms with Crippen LogP contribution in [0.1, 0.15) is 26.7 Å². The molecule has 4 heteroatoms. The lowest BCUT2D eigenvalue weighted by Crippen LogP contribution is -2.12. The van der Waals surface area contributed by atoms with Crippen molar-refractivity contribution in [2.24, 2.45) is 0 Å². The Labute approximate surface area is 111 Å². The number of carbonyl (C=O) groups excluding carboxylic acids is 2. The topological polar surface area (TPSA) is 52.6 Å². The zero-order chi connectivity index (χ0) is 13.6. The van der Waals surface area contributed by atoms with Crippen LogP contribution in [0.15, 0.2) is 46.3 Å². The van der Waals surface area contributed by atoms with Crippen LogP contribution in [0.4, 0.5) is 0 Å². The highest BCUT2D eigenvalue weighted by Gasteiger charge is 2.37. The van der Waals surface area contributed by atoms with Crippen molar-refractivity contribution in [1.29, 1.82) is 0 Å². The first kappa shape index (κ1) is 12.0. The summed E-state index contributed by atoms with van der Waals surface area (Å²) in [5.74, 6) is -0.170. The van der Waals surface area contributed by atoms with Gasteiger partial charge in [0.25, 0.3) is 0 Å². The predicted molar refractivity (Wildman–Crippen MR) is 67.8 cm³/mol. The van der Waals surface area contributed by atoms with E-state index in [0.29, 0.717) is 28.9 Å². The fourth-order valence-electron chi connectivity index (χ4n) is 2.51. The molecule has 0 saturated carbocycles. The van der Waals surface area contributed by atoms with Gasteiger partial charge in [-0.2, -0.15) is 0 Å². The van der Waals surface area contributed by atoms with Gasteiger partial charge in [0.15, 0.2) is 6.10 Å². The van der Waals surface area contributed by atoms with Gasteiger partial charge in [-0.3, -0.25) is 0 Å².